The molecule has 0 spiro atoms. The fourth-order valence-corrected chi connectivity index (χ4v) is 4.90. The Kier molecular flexibility index (Phi) is 6.33. The van der Waals surface area contributed by atoms with E-state index in [-0.39, 0.29) is 0 Å². The number of aromatic nitrogens is 3. The molecule has 0 amide bonds. The van der Waals surface area contributed by atoms with Crippen LogP contribution in [0.5, 0.6) is 0 Å². The maximum atomic E-state index is 4.63. The molecule has 0 radical (unpaired) electrons. The number of nitrogens with one attached hydrogen (secondary N) is 1. The second-order valence-corrected chi connectivity index (χ2v) is 9.46. The number of anilines is 1. The van der Waals surface area contributed by atoms with Crippen LogP contribution in [0.15, 0.2) is 49.1 Å². The number of likely N-dealkylation sites (N-methyl/N-ethyl adjacent to an activating group) is 1. The fourth-order valence-electron chi connectivity index (χ4n) is 4.90. The summed E-state index contributed by atoms with van der Waals surface area (Å²) in [5, 5.41) is 10.3. The number of fused-ring (bicyclic) bond motifs is 1. The number of piperidine rings is 1. The smallest absolute Gasteiger partial charge is 0.131 e. The average molecular weight is 446 g/mol. The van der Waals surface area contributed by atoms with Crippen molar-refractivity contribution in [3.05, 3.63) is 54.8 Å². The van der Waals surface area contributed by atoms with Gasteiger partial charge in [-0.1, -0.05) is 25.1 Å². The van der Waals surface area contributed by atoms with Gasteiger partial charge in [0.15, 0.2) is 0 Å². The number of hydrogen-bond donors (Lipinski definition) is 1. The first kappa shape index (κ1) is 21.9. The lowest BCUT2D eigenvalue weighted by Gasteiger charge is -2.35. The molecule has 2 aromatic heterocycles. The molecule has 3 aromatic rings. The van der Waals surface area contributed by atoms with E-state index in [9.17, 15) is 0 Å². The number of likely N-dealkylation sites (tertiary alicyclic amines) is 1. The van der Waals surface area contributed by atoms with Gasteiger partial charge >= 0.3 is 0 Å². The summed E-state index contributed by atoms with van der Waals surface area (Å²) in [6.45, 7) is 11.7. The summed E-state index contributed by atoms with van der Waals surface area (Å²) < 4.78 is 2.04. The quantitative estimate of drug-likeness (QED) is 0.624. The van der Waals surface area contributed by atoms with Crippen LogP contribution in [0.2, 0.25) is 0 Å². The molecule has 4 heterocycles. The highest BCUT2D eigenvalue weighted by Gasteiger charge is 2.18. The van der Waals surface area contributed by atoms with Crippen molar-refractivity contribution in [3.8, 4) is 11.1 Å². The van der Waals surface area contributed by atoms with Crippen molar-refractivity contribution in [2.75, 3.05) is 51.6 Å². The lowest BCUT2D eigenvalue weighted by molar-refractivity contribution is 0.188. The number of piperazine rings is 1. The molecular weight excluding hydrogens is 410 g/mol. The van der Waals surface area contributed by atoms with E-state index in [0.717, 1.165) is 49.7 Å². The minimum absolute atomic E-state index is 0.836. The zero-order valence-corrected chi connectivity index (χ0v) is 19.9. The molecule has 7 heteroatoms. The summed E-state index contributed by atoms with van der Waals surface area (Å²) in [6.07, 6.45) is 7.90. The zero-order chi connectivity index (χ0) is 22.8. The van der Waals surface area contributed by atoms with E-state index < -0.39 is 0 Å². The Labute approximate surface area is 196 Å². The molecule has 7 nitrogen and oxygen atoms in total. The fraction of sp³-hybridized carbons (Fsp3) is 0.462. The van der Waals surface area contributed by atoms with E-state index in [1.165, 1.54) is 54.6 Å². The third-order valence-corrected chi connectivity index (χ3v) is 7.07. The molecule has 2 saturated heterocycles. The molecule has 0 unspecified atom stereocenters. The first-order valence-corrected chi connectivity index (χ1v) is 12.1. The Balaban J connectivity index is 1.37. The van der Waals surface area contributed by atoms with Crippen molar-refractivity contribution in [1.82, 2.24) is 29.5 Å². The van der Waals surface area contributed by atoms with E-state index in [0.29, 0.717) is 0 Å². The van der Waals surface area contributed by atoms with Crippen molar-refractivity contribution in [2.45, 2.75) is 25.8 Å². The standard InChI is InChI=1S/C26H35N7/c1-20(33-13-11-30(2)12-14-33)29-26-16-23-15-21(7-8-22(23)17-27-26)24-18-28-31(3)25(24)19-32-9-5-4-6-10-32/h7-8,15-18H,1,4-6,9-14,19H2,2-3H3,(H,27,29). The monoisotopic (exact) mass is 445 g/mol. The summed E-state index contributed by atoms with van der Waals surface area (Å²) in [5.41, 5.74) is 3.71. The van der Waals surface area contributed by atoms with Gasteiger partial charge < -0.3 is 15.1 Å². The Morgan fingerprint density at radius 3 is 2.52 bits per heavy atom. The highest BCUT2D eigenvalue weighted by molar-refractivity contribution is 5.88. The van der Waals surface area contributed by atoms with Gasteiger partial charge in [0.05, 0.1) is 17.7 Å². The number of rotatable bonds is 6. The number of pyridine rings is 1. The average Bonchev–Trinajstić information content (AvgIpc) is 3.19. The summed E-state index contributed by atoms with van der Waals surface area (Å²) in [6, 6.07) is 8.74. The normalized spacial score (nSPS) is 18.1. The molecule has 33 heavy (non-hydrogen) atoms. The van der Waals surface area contributed by atoms with Gasteiger partial charge in [0.2, 0.25) is 0 Å². The van der Waals surface area contributed by atoms with Crippen LogP contribution in [0.3, 0.4) is 0 Å². The second-order valence-electron chi connectivity index (χ2n) is 9.46. The Hall–Kier alpha value is -2.90. The topological polar surface area (TPSA) is 52.5 Å². The highest BCUT2D eigenvalue weighted by atomic mass is 15.3. The van der Waals surface area contributed by atoms with Crippen molar-refractivity contribution < 1.29 is 0 Å². The summed E-state index contributed by atoms with van der Waals surface area (Å²) in [5.74, 6) is 1.76. The number of nitrogens with zero attached hydrogens (tertiary/aromatic N) is 6. The molecule has 0 atom stereocenters. The van der Waals surface area contributed by atoms with E-state index in [1.807, 2.05) is 17.1 Å². The molecule has 0 saturated carbocycles. The summed E-state index contributed by atoms with van der Waals surface area (Å²) >= 11 is 0. The number of benzene rings is 1. The van der Waals surface area contributed by atoms with Gasteiger partial charge in [0.1, 0.15) is 5.82 Å². The van der Waals surface area contributed by atoms with Crippen LogP contribution in [0.1, 0.15) is 25.0 Å². The van der Waals surface area contributed by atoms with Crippen LogP contribution in [0, 0.1) is 0 Å². The molecule has 2 fully saturated rings. The third-order valence-electron chi connectivity index (χ3n) is 7.07. The first-order valence-electron chi connectivity index (χ1n) is 12.1. The van der Waals surface area contributed by atoms with Crippen LogP contribution in [-0.4, -0.2) is 75.8 Å². The van der Waals surface area contributed by atoms with Crippen molar-refractivity contribution in [1.29, 1.82) is 0 Å². The predicted molar refractivity (Wildman–Crippen MR) is 135 cm³/mol. The van der Waals surface area contributed by atoms with Crippen LogP contribution in [0.25, 0.3) is 21.9 Å². The summed E-state index contributed by atoms with van der Waals surface area (Å²) in [4.78, 5) is 11.8. The van der Waals surface area contributed by atoms with Gasteiger partial charge in [-0.25, -0.2) is 4.98 Å². The van der Waals surface area contributed by atoms with E-state index in [2.05, 4.69) is 75.0 Å². The molecule has 2 aliphatic heterocycles. The first-order chi connectivity index (χ1) is 16.1. The van der Waals surface area contributed by atoms with Crippen LogP contribution < -0.4 is 5.32 Å². The van der Waals surface area contributed by atoms with Gasteiger partial charge in [-0.2, -0.15) is 5.10 Å². The van der Waals surface area contributed by atoms with E-state index in [4.69, 9.17) is 0 Å². The summed E-state index contributed by atoms with van der Waals surface area (Å²) in [7, 11) is 4.22. The number of aryl methyl sites for hydroxylation is 1. The molecule has 0 aliphatic carbocycles. The maximum Gasteiger partial charge on any atom is 0.131 e. The van der Waals surface area contributed by atoms with Crippen molar-refractivity contribution >= 4 is 16.6 Å². The molecule has 1 N–H and O–H groups in total. The largest absolute Gasteiger partial charge is 0.356 e. The van der Waals surface area contributed by atoms with E-state index in [1.54, 1.807) is 0 Å². The molecule has 174 valence electrons. The van der Waals surface area contributed by atoms with Crippen molar-refractivity contribution in [3.63, 3.8) is 0 Å². The van der Waals surface area contributed by atoms with Crippen LogP contribution in [0.4, 0.5) is 5.82 Å². The van der Waals surface area contributed by atoms with Gasteiger partial charge in [-0.3, -0.25) is 9.58 Å². The molecular formula is C26H35N7. The molecule has 0 bridgehead atoms. The third kappa shape index (κ3) is 4.89. The Morgan fingerprint density at radius 2 is 1.73 bits per heavy atom. The Morgan fingerprint density at radius 1 is 0.939 bits per heavy atom. The lowest BCUT2D eigenvalue weighted by atomic mass is 10.0. The second kappa shape index (κ2) is 9.53. The van der Waals surface area contributed by atoms with E-state index >= 15 is 0 Å². The zero-order valence-electron chi connectivity index (χ0n) is 19.9. The number of hydrogen-bond acceptors (Lipinski definition) is 6. The van der Waals surface area contributed by atoms with Gasteiger partial charge in [-0.05, 0) is 56.1 Å². The lowest BCUT2D eigenvalue weighted by Crippen LogP contribution is -2.44. The molecule has 1 aromatic carbocycles. The van der Waals surface area contributed by atoms with Crippen molar-refractivity contribution in [2.24, 2.45) is 7.05 Å². The molecule has 5 rings (SSSR count). The highest BCUT2D eigenvalue weighted by Crippen LogP contribution is 2.29. The van der Waals surface area contributed by atoms with Gasteiger partial charge in [0, 0.05) is 56.9 Å². The van der Waals surface area contributed by atoms with Crippen LogP contribution >= 0.6 is 0 Å². The molecule has 2 aliphatic rings. The predicted octanol–water partition coefficient (Wildman–Crippen LogP) is 3.75. The van der Waals surface area contributed by atoms with Gasteiger partial charge in [-0.15, -0.1) is 0 Å². The SMILES string of the molecule is C=C(Nc1cc2cc(-c3cnn(C)c3CN3CCCCC3)ccc2cn1)N1CCN(C)CC1. The minimum atomic E-state index is 0.836. The maximum absolute atomic E-state index is 4.63. The van der Waals surface area contributed by atoms with Crippen LogP contribution in [-0.2, 0) is 13.6 Å². The minimum Gasteiger partial charge on any atom is -0.356 e. The van der Waals surface area contributed by atoms with Gasteiger partial charge in [0.25, 0.3) is 0 Å². The Bertz CT molecular complexity index is 1120.